The topological polar surface area (TPSA) is 37.3 Å². The lowest BCUT2D eigenvalue weighted by Crippen LogP contribution is -2.26. The predicted octanol–water partition coefficient (Wildman–Crippen LogP) is 3.38. The van der Waals surface area contributed by atoms with Gasteiger partial charge in [0.25, 0.3) is 0 Å². The summed E-state index contributed by atoms with van der Waals surface area (Å²) >= 11 is 2.76. The van der Waals surface area contributed by atoms with E-state index in [1.807, 2.05) is 0 Å². The Balaban J connectivity index is 3.04. The van der Waals surface area contributed by atoms with E-state index in [1.54, 1.807) is 0 Å². The molecule has 0 aliphatic heterocycles. The third-order valence-electron chi connectivity index (χ3n) is 2.27. The smallest absolute Gasteiger partial charge is 0.309 e. The molecule has 0 saturated carbocycles. The quantitative estimate of drug-likeness (QED) is 0.867. The van der Waals surface area contributed by atoms with Crippen LogP contribution in [0.2, 0.25) is 0 Å². The first-order chi connectivity index (χ1) is 7.24. The van der Waals surface area contributed by atoms with Gasteiger partial charge >= 0.3 is 5.97 Å². The largest absolute Gasteiger partial charge is 0.481 e. The van der Waals surface area contributed by atoms with Gasteiger partial charge in [0.05, 0.1) is 9.89 Å². The summed E-state index contributed by atoms with van der Waals surface area (Å²) in [6.45, 7) is 3.01. The van der Waals surface area contributed by atoms with Gasteiger partial charge in [0.15, 0.2) is 0 Å². The monoisotopic (exact) mass is 292 g/mol. The Morgan fingerprint density at radius 1 is 1.38 bits per heavy atom. The van der Waals surface area contributed by atoms with Gasteiger partial charge in [0.2, 0.25) is 0 Å². The zero-order chi connectivity index (χ0) is 12.5. The van der Waals surface area contributed by atoms with E-state index in [0.29, 0.717) is 5.56 Å². The number of aliphatic carboxylic acids is 1. The van der Waals surface area contributed by atoms with Crippen LogP contribution in [0, 0.1) is 17.0 Å². The summed E-state index contributed by atoms with van der Waals surface area (Å²) < 4.78 is 26.1. The number of rotatable bonds is 3. The van der Waals surface area contributed by atoms with Gasteiger partial charge in [-0.15, -0.1) is 0 Å². The van der Waals surface area contributed by atoms with Gasteiger partial charge in [-0.3, -0.25) is 4.79 Å². The van der Waals surface area contributed by atoms with E-state index < -0.39 is 23.0 Å². The molecule has 0 saturated heterocycles. The van der Waals surface area contributed by atoms with Crippen molar-refractivity contribution in [1.82, 2.24) is 0 Å². The van der Waals surface area contributed by atoms with Gasteiger partial charge in [-0.25, -0.2) is 8.78 Å². The summed E-state index contributed by atoms with van der Waals surface area (Å²) in [7, 11) is 0. The molecule has 0 unspecified atom stereocenters. The van der Waals surface area contributed by atoms with Crippen LogP contribution >= 0.6 is 15.9 Å². The molecule has 0 radical (unpaired) electrons. The SMILES string of the molecule is CC(C)(Cc1cc(F)c(Br)c(F)c1)C(=O)O. The number of carboxylic acid groups (broad SMARTS) is 1. The molecule has 0 aromatic heterocycles. The molecular weight excluding hydrogens is 282 g/mol. The molecule has 0 fully saturated rings. The van der Waals surface area contributed by atoms with Gasteiger partial charge in [-0.1, -0.05) is 0 Å². The molecule has 5 heteroatoms. The van der Waals surface area contributed by atoms with Crippen LogP contribution in [0.5, 0.6) is 0 Å². The second-order valence-electron chi connectivity index (χ2n) is 4.24. The zero-order valence-electron chi connectivity index (χ0n) is 8.85. The van der Waals surface area contributed by atoms with E-state index in [4.69, 9.17) is 5.11 Å². The molecule has 1 aromatic carbocycles. The first-order valence-electron chi connectivity index (χ1n) is 4.61. The molecule has 16 heavy (non-hydrogen) atoms. The highest BCUT2D eigenvalue weighted by Gasteiger charge is 2.28. The van der Waals surface area contributed by atoms with Crippen LogP contribution < -0.4 is 0 Å². The number of hydrogen-bond acceptors (Lipinski definition) is 1. The summed E-state index contributed by atoms with van der Waals surface area (Å²) in [5.41, 5.74) is -0.724. The highest BCUT2D eigenvalue weighted by Crippen LogP contribution is 2.26. The molecule has 0 spiro atoms. The Kier molecular flexibility index (Phi) is 3.68. The molecule has 2 nitrogen and oxygen atoms in total. The van der Waals surface area contributed by atoms with Crippen molar-refractivity contribution in [2.75, 3.05) is 0 Å². The third kappa shape index (κ3) is 2.78. The van der Waals surface area contributed by atoms with Crippen molar-refractivity contribution in [3.8, 4) is 0 Å². The minimum atomic E-state index is -1.05. The summed E-state index contributed by atoms with van der Waals surface area (Å²) in [5.74, 6) is -2.45. The van der Waals surface area contributed by atoms with Gasteiger partial charge in [0, 0.05) is 0 Å². The van der Waals surface area contributed by atoms with Crippen molar-refractivity contribution in [3.63, 3.8) is 0 Å². The van der Waals surface area contributed by atoms with Gasteiger partial charge in [-0.2, -0.15) is 0 Å². The normalized spacial score (nSPS) is 11.6. The van der Waals surface area contributed by atoms with E-state index in [-0.39, 0.29) is 10.9 Å². The van der Waals surface area contributed by atoms with Crippen LogP contribution in [0.1, 0.15) is 19.4 Å². The Hall–Kier alpha value is -0.970. The van der Waals surface area contributed by atoms with E-state index in [1.165, 1.54) is 13.8 Å². The van der Waals surface area contributed by atoms with Crippen LogP contribution in [-0.2, 0) is 11.2 Å². The van der Waals surface area contributed by atoms with Crippen molar-refractivity contribution >= 4 is 21.9 Å². The Morgan fingerprint density at radius 2 is 1.81 bits per heavy atom. The lowest BCUT2D eigenvalue weighted by atomic mass is 9.86. The van der Waals surface area contributed by atoms with E-state index in [2.05, 4.69) is 15.9 Å². The van der Waals surface area contributed by atoms with Crippen LogP contribution in [0.3, 0.4) is 0 Å². The number of carbonyl (C=O) groups is 1. The van der Waals surface area contributed by atoms with E-state index in [9.17, 15) is 13.6 Å². The second-order valence-corrected chi connectivity index (χ2v) is 5.03. The molecule has 0 heterocycles. The minimum absolute atomic E-state index is 0.0729. The summed E-state index contributed by atoms with van der Waals surface area (Å²) in [4.78, 5) is 10.9. The van der Waals surface area contributed by atoms with Crippen molar-refractivity contribution in [2.24, 2.45) is 5.41 Å². The first kappa shape index (κ1) is 13.1. The summed E-state index contributed by atoms with van der Waals surface area (Å²) in [6.07, 6.45) is 0.0729. The number of carboxylic acids is 1. The van der Waals surface area contributed by atoms with Crippen molar-refractivity contribution in [3.05, 3.63) is 33.8 Å². The molecule has 0 amide bonds. The lowest BCUT2D eigenvalue weighted by molar-refractivity contribution is -0.146. The Labute approximate surface area is 100 Å². The highest BCUT2D eigenvalue weighted by atomic mass is 79.9. The maximum atomic E-state index is 13.2. The van der Waals surface area contributed by atoms with Crippen LogP contribution in [0.25, 0.3) is 0 Å². The summed E-state index contributed by atoms with van der Waals surface area (Å²) in [6, 6.07) is 2.27. The maximum absolute atomic E-state index is 13.2. The maximum Gasteiger partial charge on any atom is 0.309 e. The summed E-state index contributed by atoms with van der Waals surface area (Å²) in [5, 5.41) is 8.90. The van der Waals surface area contributed by atoms with Crippen LogP contribution in [0.4, 0.5) is 8.78 Å². The molecule has 1 aromatic rings. The molecule has 1 rings (SSSR count). The molecule has 0 bridgehead atoms. The number of halogens is 3. The molecule has 88 valence electrons. The van der Waals surface area contributed by atoms with Gasteiger partial charge < -0.3 is 5.11 Å². The molecule has 0 aliphatic rings. The standard InChI is InChI=1S/C11H11BrF2O2/c1-11(2,10(15)16)5-6-3-7(13)9(12)8(14)4-6/h3-4H,5H2,1-2H3,(H,15,16). The Morgan fingerprint density at radius 3 is 2.19 bits per heavy atom. The molecule has 0 atom stereocenters. The third-order valence-corrected chi connectivity index (χ3v) is 3.03. The first-order valence-corrected chi connectivity index (χ1v) is 5.40. The minimum Gasteiger partial charge on any atom is -0.481 e. The fourth-order valence-corrected chi connectivity index (χ4v) is 1.52. The van der Waals surface area contributed by atoms with Crippen molar-refractivity contribution in [1.29, 1.82) is 0 Å². The van der Waals surface area contributed by atoms with Crippen molar-refractivity contribution in [2.45, 2.75) is 20.3 Å². The van der Waals surface area contributed by atoms with E-state index in [0.717, 1.165) is 12.1 Å². The fraction of sp³-hybridized carbons (Fsp3) is 0.364. The highest BCUT2D eigenvalue weighted by molar-refractivity contribution is 9.10. The zero-order valence-corrected chi connectivity index (χ0v) is 10.4. The average Bonchev–Trinajstić information content (AvgIpc) is 2.13. The van der Waals surface area contributed by atoms with Crippen LogP contribution in [-0.4, -0.2) is 11.1 Å². The second kappa shape index (κ2) is 4.49. The number of hydrogen-bond donors (Lipinski definition) is 1. The number of benzene rings is 1. The Bertz CT molecular complexity index is 407. The van der Waals surface area contributed by atoms with Crippen molar-refractivity contribution < 1.29 is 18.7 Å². The molecule has 1 N–H and O–H groups in total. The van der Waals surface area contributed by atoms with E-state index >= 15 is 0 Å². The van der Waals surface area contributed by atoms with Gasteiger partial charge in [0.1, 0.15) is 11.6 Å². The fourth-order valence-electron chi connectivity index (χ4n) is 1.30. The van der Waals surface area contributed by atoms with Gasteiger partial charge in [-0.05, 0) is 53.9 Å². The van der Waals surface area contributed by atoms with Crippen LogP contribution in [0.15, 0.2) is 16.6 Å². The predicted molar refractivity (Wildman–Crippen MR) is 59.2 cm³/mol. The lowest BCUT2D eigenvalue weighted by Gasteiger charge is -2.19. The average molecular weight is 293 g/mol. The molecular formula is C11H11BrF2O2. The molecule has 0 aliphatic carbocycles.